The van der Waals surface area contributed by atoms with Crippen LogP contribution in [0, 0.1) is 5.41 Å². The molecular weight excluding hydrogens is 352 g/mol. The number of para-hydroxylation sites is 1. The third kappa shape index (κ3) is 4.01. The SMILES string of the molecule is CCN(C(=O)C(C)(C)C(=O)N1CCN(c2ccccn2)CC1)c1ccccc1. The van der Waals surface area contributed by atoms with Gasteiger partial charge in [-0.2, -0.15) is 0 Å². The molecule has 1 saturated heterocycles. The number of carbonyl (C=O) groups is 2. The van der Waals surface area contributed by atoms with Crippen LogP contribution in [0.4, 0.5) is 11.5 Å². The Morgan fingerprint density at radius 3 is 2.21 bits per heavy atom. The van der Waals surface area contributed by atoms with Crippen LogP contribution in [0.15, 0.2) is 54.7 Å². The van der Waals surface area contributed by atoms with Gasteiger partial charge in [0.2, 0.25) is 11.8 Å². The molecule has 0 aliphatic carbocycles. The molecule has 2 heterocycles. The first-order chi connectivity index (χ1) is 13.4. The number of piperazine rings is 1. The minimum atomic E-state index is -1.11. The van der Waals surface area contributed by atoms with Crippen LogP contribution in [-0.2, 0) is 9.59 Å². The molecule has 0 atom stereocenters. The van der Waals surface area contributed by atoms with E-state index < -0.39 is 5.41 Å². The molecule has 28 heavy (non-hydrogen) atoms. The minimum Gasteiger partial charge on any atom is -0.353 e. The smallest absolute Gasteiger partial charge is 0.242 e. The highest BCUT2D eigenvalue weighted by molar-refractivity contribution is 6.11. The molecule has 6 heteroatoms. The first-order valence-electron chi connectivity index (χ1n) is 9.77. The summed E-state index contributed by atoms with van der Waals surface area (Å²) in [5.41, 5.74) is -0.296. The third-order valence-electron chi connectivity index (χ3n) is 5.24. The van der Waals surface area contributed by atoms with Crippen molar-refractivity contribution in [2.45, 2.75) is 20.8 Å². The van der Waals surface area contributed by atoms with Crippen LogP contribution in [0.2, 0.25) is 0 Å². The third-order valence-corrected chi connectivity index (χ3v) is 5.24. The minimum absolute atomic E-state index is 0.118. The summed E-state index contributed by atoms with van der Waals surface area (Å²) < 4.78 is 0. The van der Waals surface area contributed by atoms with E-state index in [1.165, 1.54) is 0 Å². The highest BCUT2D eigenvalue weighted by atomic mass is 16.2. The lowest BCUT2D eigenvalue weighted by Crippen LogP contribution is -2.56. The fourth-order valence-corrected chi connectivity index (χ4v) is 3.55. The molecule has 1 aliphatic rings. The van der Waals surface area contributed by atoms with Crippen molar-refractivity contribution in [1.29, 1.82) is 0 Å². The molecule has 0 unspecified atom stereocenters. The van der Waals surface area contributed by atoms with E-state index in [-0.39, 0.29) is 11.8 Å². The summed E-state index contributed by atoms with van der Waals surface area (Å²) in [7, 11) is 0. The van der Waals surface area contributed by atoms with Crippen LogP contribution in [0.5, 0.6) is 0 Å². The predicted octanol–water partition coefficient (Wildman–Crippen LogP) is 2.81. The van der Waals surface area contributed by atoms with E-state index in [2.05, 4.69) is 9.88 Å². The molecular formula is C22H28N4O2. The summed E-state index contributed by atoms with van der Waals surface area (Å²) >= 11 is 0. The number of aromatic nitrogens is 1. The highest BCUT2D eigenvalue weighted by Crippen LogP contribution is 2.27. The Morgan fingerprint density at radius 1 is 1.00 bits per heavy atom. The van der Waals surface area contributed by atoms with Gasteiger partial charge in [-0.1, -0.05) is 24.3 Å². The number of benzene rings is 1. The molecule has 6 nitrogen and oxygen atoms in total. The number of hydrogen-bond donors (Lipinski definition) is 0. The number of anilines is 2. The van der Waals surface area contributed by atoms with Crippen LogP contribution in [0.25, 0.3) is 0 Å². The standard InChI is InChI=1S/C22H28N4O2/c1-4-26(18-10-6-5-7-11-18)21(28)22(2,3)20(27)25-16-14-24(15-17-25)19-12-8-9-13-23-19/h5-13H,4,14-17H2,1-3H3. The largest absolute Gasteiger partial charge is 0.353 e. The quantitative estimate of drug-likeness (QED) is 0.749. The van der Waals surface area contributed by atoms with Crippen molar-refractivity contribution in [2.75, 3.05) is 42.5 Å². The summed E-state index contributed by atoms with van der Waals surface area (Å²) in [6, 6.07) is 15.3. The summed E-state index contributed by atoms with van der Waals surface area (Å²) in [5, 5.41) is 0. The number of nitrogens with zero attached hydrogens (tertiary/aromatic N) is 4. The Kier molecular flexibility index (Phi) is 5.97. The van der Waals surface area contributed by atoms with Crippen LogP contribution in [-0.4, -0.2) is 54.4 Å². The van der Waals surface area contributed by atoms with Crippen molar-refractivity contribution in [2.24, 2.45) is 5.41 Å². The van der Waals surface area contributed by atoms with Crippen molar-refractivity contribution in [3.05, 3.63) is 54.7 Å². The van der Waals surface area contributed by atoms with Gasteiger partial charge in [0.1, 0.15) is 11.2 Å². The normalized spacial score (nSPS) is 14.7. The van der Waals surface area contributed by atoms with E-state index in [4.69, 9.17) is 0 Å². The zero-order valence-corrected chi connectivity index (χ0v) is 16.8. The number of carbonyl (C=O) groups excluding carboxylic acids is 2. The summed E-state index contributed by atoms with van der Waals surface area (Å²) in [5.74, 6) is 0.636. The Balaban J connectivity index is 1.68. The van der Waals surface area contributed by atoms with Crippen LogP contribution < -0.4 is 9.80 Å². The van der Waals surface area contributed by atoms with Gasteiger partial charge in [0.15, 0.2) is 0 Å². The molecule has 3 rings (SSSR count). The molecule has 1 aromatic carbocycles. The van der Waals surface area contributed by atoms with Gasteiger partial charge in [0.05, 0.1) is 0 Å². The Morgan fingerprint density at radius 2 is 1.64 bits per heavy atom. The van der Waals surface area contributed by atoms with E-state index in [1.54, 1.807) is 29.8 Å². The van der Waals surface area contributed by atoms with Gasteiger partial charge in [-0.15, -0.1) is 0 Å². The lowest BCUT2D eigenvalue weighted by atomic mass is 9.89. The maximum absolute atomic E-state index is 13.2. The van der Waals surface area contributed by atoms with Crippen molar-refractivity contribution in [3.8, 4) is 0 Å². The van der Waals surface area contributed by atoms with Crippen LogP contribution in [0.3, 0.4) is 0 Å². The summed E-state index contributed by atoms with van der Waals surface area (Å²) in [6.07, 6.45) is 1.78. The molecule has 0 bridgehead atoms. The molecule has 1 aromatic heterocycles. The predicted molar refractivity (Wildman–Crippen MR) is 111 cm³/mol. The number of pyridine rings is 1. The van der Waals surface area contributed by atoms with Crippen LogP contribution >= 0.6 is 0 Å². The molecule has 0 spiro atoms. The van der Waals surface area contributed by atoms with E-state index in [9.17, 15) is 9.59 Å². The van der Waals surface area contributed by atoms with Crippen LogP contribution in [0.1, 0.15) is 20.8 Å². The van der Waals surface area contributed by atoms with Gasteiger partial charge < -0.3 is 14.7 Å². The van der Waals surface area contributed by atoms with E-state index in [0.29, 0.717) is 32.7 Å². The molecule has 2 amide bonds. The molecule has 0 radical (unpaired) electrons. The van der Waals surface area contributed by atoms with Crippen molar-refractivity contribution < 1.29 is 9.59 Å². The summed E-state index contributed by atoms with van der Waals surface area (Å²) in [4.78, 5) is 36.5. The van der Waals surface area contributed by atoms with Gasteiger partial charge in [0, 0.05) is 44.6 Å². The highest BCUT2D eigenvalue weighted by Gasteiger charge is 2.42. The van der Waals surface area contributed by atoms with Crippen molar-refractivity contribution in [1.82, 2.24) is 9.88 Å². The molecule has 0 N–H and O–H groups in total. The molecule has 1 aliphatic heterocycles. The number of amides is 2. The first-order valence-corrected chi connectivity index (χ1v) is 9.77. The Hall–Kier alpha value is -2.89. The second-order valence-corrected chi connectivity index (χ2v) is 7.48. The summed E-state index contributed by atoms with van der Waals surface area (Å²) in [6.45, 7) is 8.51. The lowest BCUT2D eigenvalue weighted by molar-refractivity contribution is -0.147. The van der Waals surface area contributed by atoms with E-state index in [1.807, 2.05) is 55.5 Å². The van der Waals surface area contributed by atoms with Gasteiger partial charge in [-0.25, -0.2) is 4.98 Å². The average Bonchev–Trinajstić information content (AvgIpc) is 2.75. The second-order valence-electron chi connectivity index (χ2n) is 7.48. The van der Waals surface area contributed by atoms with Crippen molar-refractivity contribution >= 4 is 23.3 Å². The van der Waals surface area contributed by atoms with E-state index >= 15 is 0 Å². The Bertz CT molecular complexity index is 800. The fourth-order valence-electron chi connectivity index (χ4n) is 3.55. The average molecular weight is 380 g/mol. The lowest BCUT2D eigenvalue weighted by Gasteiger charge is -2.39. The van der Waals surface area contributed by atoms with Gasteiger partial charge in [-0.05, 0) is 45.0 Å². The van der Waals surface area contributed by atoms with Crippen molar-refractivity contribution in [3.63, 3.8) is 0 Å². The first kappa shape index (κ1) is 19.9. The van der Waals surface area contributed by atoms with E-state index in [0.717, 1.165) is 11.5 Å². The van der Waals surface area contributed by atoms with Gasteiger partial charge in [-0.3, -0.25) is 9.59 Å². The molecule has 148 valence electrons. The van der Waals surface area contributed by atoms with Gasteiger partial charge in [0.25, 0.3) is 0 Å². The molecule has 1 fully saturated rings. The molecule has 0 saturated carbocycles. The maximum Gasteiger partial charge on any atom is 0.242 e. The zero-order chi connectivity index (χ0) is 20.1. The topological polar surface area (TPSA) is 56.8 Å². The number of rotatable bonds is 5. The number of hydrogen-bond acceptors (Lipinski definition) is 4. The molecule has 2 aromatic rings. The maximum atomic E-state index is 13.2. The second kappa shape index (κ2) is 8.42. The Labute approximate surface area is 166 Å². The zero-order valence-electron chi connectivity index (χ0n) is 16.8. The fraction of sp³-hybridized carbons (Fsp3) is 0.409. The van der Waals surface area contributed by atoms with Gasteiger partial charge >= 0.3 is 0 Å². The monoisotopic (exact) mass is 380 g/mol.